The summed E-state index contributed by atoms with van der Waals surface area (Å²) in [6.45, 7) is 3.82. The second-order valence-corrected chi connectivity index (χ2v) is 7.72. The number of allylic oxidation sites excluding steroid dienone is 3. The van der Waals surface area contributed by atoms with Gasteiger partial charge in [0.25, 0.3) is 5.91 Å². The molecular weight excluding hydrogens is 378 g/mol. The molecule has 2 aliphatic rings. The second-order valence-electron chi connectivity index (χ2n) is 7.72. The number of ketones is 1. The molecule has 1 aliphatic heterocycles. The molecule has 6 heteroatoms. The van der Waals surface area contributed by atoms with Gasteiger partial charge in [0, 0.05) is 41.1 Å². The molecule has 1 aromatic carbocycles. The molecule has 1 aromatic heterocycles. The Morgan fingerprint density at radius 2 is 2.03 bits per heavy atom. The zero-order valence-electron chi connectivity index (χ0n) is 17.4. The average molecular weight is 403 g/mol. The third kappa shape index (κ3) is 3.73. The molecule has 0 saturated heterocycles. The van der Waals surface area contributed by atoms with Crippen LogP contribution in [0.1, 0.15) is 43.2 Å². The van der Waals surface area contributed by atoms with Gasteiger partial charge >= 0.3 is 0 Å². The third-order valence-corrected chi connectivity index (χ3v) is 5.60. The molecule has 0 fully saturated rings. The van der Waals surface area contributed by atoms with Crippen LogP contribution in [0.3, 0.4) is 0 Å². The highest BCUT2D eigenvalue weighted by molar-refractivity contribution is 6.09. The van der Waals surface area contributed by atoms with E-state index in [9.17, 15) is 9.59 Å². The summed E-state index contributed by atoms with van der Waals surface area (Å²) in [5, 5.41) is 6.22. The number of methoxy groups -OCH3 is 1. The van der Waals surface area contributed by atoms with Gasteiger partial charge in [0.1, 0.15) is 11.6 Å². The number of anilines is 1. The zero-order valence-corrected chi connectivity index (χ0v) is 17.4. The van der Waals surface area contributed by atoms with Gasteiger partial charge in [-0.15, -0.1) is 0 Å². The van der Waals surface area contributed by atoms with E-state index in [4.69, 9.17) is 4.74 Å². The van der Waals surface area contributed by atoms with E-state index in [0.717, 1.165) is 35.4 Å². The first-order chi connectivity index (χ1) is 14.5. The lowest BCUT2D eigenvalue weighted by Crippen LogP contribution is -2.35. The Bertz CT molecular complexity index is 1070. The molecule has 0 saturated carbocycles. The van der Waals surface area contributed by atoms with E-state index in [1.165, 1.54) is 0 Å². The zero-order chi connectivity index (χ0) is 21.3. The lowest BCUT2D eigenvalue weighted by molar-refractivity contribution is -0.116. The highest BCUT2D eigenvalue weighted by Crippen LogP contribution is 2.43. The number of hydrogen-bond donors (Lipinski definition) is 2. The fraction of sp³-hybridized carbons (Fsp3) is 0.292. The molecule has 0 spiro atoms. The number of benzene rings is 1. The smallest absolute Gasteiger partial charge is 0.255 e. The van der Waals surface area contributed by atoms with Gasteiger partial charge in [-0.05, 0) is 56.0 Å². The SMILES string of the molecule is COc1cccc(C2C(C(=O)Nc3ccc(C)cn3)=C(C)NC3=C2C(=O)CCC3)c1. The molecule has 2 heterocycles. The number of dihydropyridines is 1. The summed E-state index contributed by atoms with van der Waals surface area (Å²) in [4.78, 5) is 30.6. The number of nitrogens with zero attached hydrogens (tertiary/aromatic N) is 1. The van der Waals surface area contributed by atoms with Crippen molar-refractivity contribution in [3.05, 3.63) is 76.3 Å². The molecule has 1 aliphatic carbocycles. The number of nitrogens with one attached hydrogen (secondary N) is 2. The summed E-state index contributed by atoms with van der Waals surface area (Å²) >= 11 is 0. The van der Waals surface area contributed by atoms with Gasteiger partial charge in [-0.2, -0.15) is 0 Å². The van der Waals surface area contributed by atoms with E-state index in [2.05, 4.69) is 15.6 Å². The number of amides is 1. The minimum Gasteiger partial charge on any atom is -0.497 e. The maximum absolute atomic E-state index is 13.4. The van der Waals surface area contributed by atoms with Crippen LogP contribution in [0.25, 0.3) is 0 Å². The van der Waals surface area contributed by atoms with Gasteiger partial charge in [0.15, 0.2) is 5.78 Å². The Morgan fingerprint density at radius 1 is 1.20 bits per heavy atom. The number of aryl methyl sites for hydroxylation is 1. The van der Waals surface area contributed by atoms with E-state index < -0.39 is 5.92 Å². The van der Waals surface area contributed by atoms with Crippen LogP contribution in [0.2, 0.25) is 0 Å². The predicted octanol–water partition coefficient (Wildman–Crippen LogP) is 4.01. The summed E-state index contributed by atoms with van der Waals surface area (Å²) in [6.07, 6.45) is 3.82. The molecule has 30 heavy (non-hydrogen) atoms. The molecule has 0 radical (unpaired) electrons. The van der Waals surface area contributed by atoms with E-state index in [1.807, 2.05) is 44.2 Å². The Morgan fingerprint density at radius 3 is 2.77 bits per heavy atom. The summed E-state index contributed by atoms with van der Waals surface area (Å²) in [6, 6.07) is 11.2. The summed E-state index contributed by atoms with van der Waals surface area (Å²) < 4.78 is 5.39. The highest BCUT2D eigenvalue weighted by atomic mass is 16.5. The van der Waals surface area contributed by atoms with Gasteiger partial charge in [-0.3, -0.25) is 9.59 Å². The van der Waals surface area contributed by atoms with Crippen molar-refractivity contribution in [1.29, 1.82) is 0 Å². The number of aromatic nitrogens is 1. The predicted molar refractivity (Wildman–Crippen MR) is 115 cm³/mol. The normalized spacial score (nSPS) is 18.6. The van der Waals surface area contributed by atoms with E-state index in [1.54, 1.807) is 19.4 Å². The van der Waals surface area contributed by atoms with Gasteiger partial charge in [0.05, 0.1) is 7.11 Å². The number of hydrogen-bond acceptors (Lipinski definition) is 5. The second kappa shape index (κ2) is 8.14. The van der Waals surface area contributed by atoms with E-state index in [0.29, 0.717) is 29.1 Å². The summed E-state index contributed by atoms with van der Waals surface area (Å²) in [5.41, 5.74) is 4.75. The maximum atomic E-state index is 13.4. The van der Waals surface area contributed by atoms with Crippen molar-refractivity contribution in [2.75, 3.05) is 12.4 Å². The van der Waals surface area contributed by atoms with Crippen LogP contribution in [0.4, 0.5) is 5.82 Å². The van der Waals surface area contributed by atoms with Crippen LogP contribution in [-0.2, 0) is 9.59 Å². The number of Topliss-reactive ketones (excluding diaryl/α,β-unsaturated/α-hetero) is 1. The van der Waals surface area contributed by atoms with E-state index in [-0.39, 0.29) is 11.7 Å². The number of carbonyl (C=O) groups excluding carboxylic acids is 2. The molecule has 1 amide bonds. The molecule has 4 rings (SSSR count). The Kier molecular flexibility index (Phi) is 5.40. The van der Waals surface area contributed by atoms with Crippen molar-refractivity contribution in [3.63, 3.8) is 0 Å². The number of rotatable bonds is 4. The first-order valence-electron chi connectivity index (χ1n) is 10.1. The number of pyridine rings is 1. The Hall–Kier alpha value is -3.41. The topological polar surface area (TPSA) is 80.3 Å². The third-order valence-electron chi connectivity index (χ3n) is 5.60. The quantitative estimate of drug-likeness (QED) is 0.806. The molecular formula is C24H25N3O3. The van der Waals surface area contributed by atoms with Crippen molar-refractivity contribution in [3.8, 4) is 5.75 Å². The molecule has 2 aromatic rings. The molecule has 6 nitrogen and oxygen atoms in total. The first kappa shape index (κ1) is 19.9. The lowest BCUT2D eigenvalue weighted by atomic mass is 9.75. The molecule has 0 bridgehead atoms. The molecule has 1 unspecified atom stereocenters. The van der Waals surface area contributed by atoms with Crippen LogP contribution >= 0.6 is 0 Å². The van der Waals surface area contributed by atoms with Gasteiger partial charge in [-0.1, -0.05) is 18.2 Å². The number of carbonyl (C=O) groups is 2. The minimum atomic E-state index is -0.449. The Balaban J connectivity index is 1.79. The van der Waals surface area contributed by atoms with Crippen LogP contribution in [0.5, 0.6) is 5.75 Å². The molecule has 154 valence electrons. The molecule has 1 atom stereocenters. The maximum Gasteiger partial charge on any atom is 0.255 e. The van der Waals surface area contributed by atoms with Crippen LogP contribution < -0.4 is 15.4 Å². The highest BCUT2D eigenvalue weighted by Gasteiger charge is 2.38. The molecule has 2 N–H and O–H groups in total. The minimum absolute atomic E-state index is 0.0860. The average Bonchev–Trinajstić information content (AvgIpc) is 2.74. The van der Waals surface area contributed by atoms with Gasteiger partial charge in [0.2, 0.25) is 0 Å². The van der Waals surface area contributed by atoms with Crippen molar-refractivity contribution in [2.24, 2.45) is 0 Å². The van der Waals surface area contributed by atoms with Crippen molar-refractivity contribution in [1.82, 2.24) is 10.3 Å². The van der Waals surface area contributed by atoms with Crippen molar-refractivity contribution < 1.29 is 14.3 Å². The van der Waals surface area contributed by atoms with Gasteiger partial charge in [-0.25, -0.2) is 4.98 Å². The van der Waals surface area contributed by atoms with Crippen LogP contribution in [0, 0.1) is 6.92 Å². The van der Waals surface area contributed by atoms with Gasteiger partial charge < -0.3 is 15.4 Å². The van der Waals surface area contributed by atoms with Crippen molar-refractivity contribution >= 4 is 17.5 Å². The Labute approximate surface area is 176 Å². The lowest BCUT2D eigenvalue weighted by Gasteiger charge is -2.34. The monoisotopic (exact) mass is 403 g/mol. The first-order valence-corrected chi connectivity index (χ1v) is 10.1. The standard InChI is InChI=1S/C24H25N3O3/c1-14-10-11-20(25-13-14)27-24(29)21-15(2)26-18-8-5-9-19(28)23(18)22(21)16-6-4-7-17(12-16)30-3/h4,6-7,10-13,22,26H,5,8-9H2,1-3H3,(H,25,27,29). The van der Waals surface area contributed by atoms with Crippen LogP contribution in [-0.4, -0.2) is 23.8 Å². The summed E-state index contributed by atoms with van der Waals surface area (Å²) in [5.74, 6) is 0.533. The van der Waals surface area contributed by atoms with E-state index >= 15 is 0 Å². The largest absolute Gasteiger partial charge is 0.497 e. The van der Waals surface area contributed by atoms with Crippen molar-refractivity contribution in [2.45, 2.75) is 39.0 Å². The number of ether oxygens (including phenoxy) is 1. The fourth-order valence-corrected chi connectivity index (χ4v) is 4.16. The fourth-order valence-electron chi connectivity index (χ4n) is 4.16. The van der Waals surface area contributed by atoms with Crippen LogP contribution in [0.15, 0.2) is 65.1 Å². The summed E-state index contributed by atoms with van der Waals surface area (Å²) in [7, 11) is 1.61.